The van der Waals surface area contributed by atoms with Crippen LogP contribution in [0.25, 0.3) is 0 Å². The zero-order chi connectivity index (χ0) is 15.6. The number of sulfonamides is 1. The monoisotopic (exact) mass is 305 g/mol. The fourth-order valence-corrected chi connectivity index (χ4v) is 3.32. The van der Waals surface area contributed by atoms with E-state index in [4.69, 9.17) is 4.74 Å². The highest BCUT2D eigenvalue weighted by atomic mass is 32.2. The second-order valence-corrected chi connectivity index (χ2v) is 6.73. The Morgan fingerprint density at radius 2 is 1.57 bits per heavy atom. The van der Waals surface area contributed by atoms with E-state index >= 15 is 0 Å². The van der Waals surface area contributed by atoms with Gasteiger partial charge in [-0.3, -0.25) is 4.72 Å². The molecule has 21 heavy (non-hydrogen) atoms. The molecule has 4 nitrogen and oxygen atoms in total. The van der Waals surface area contributed by atoms with E-state index in [0.717, 1.165) is 16.7 Å². The lowest BCUT2D eigenvalue weighted by Gasteiger charge is -2.14. The van der Waals surface area contributed by atoms with Crippen molar-refractivity contribution in [3.05, 3.63) is 53.1 Å². The van der Waals surface area contributed by atoms with Crippen LogP contribution in [0.4, 0.5) is 5.69 Å². The second kappa shape index (κ2) is 5.77. The fourth-order valence-electron chi connectivity index (χ4n) is 2.04. The smallest absolute Gasteiger partial charge is 0.265 e. The normalized spacial score (nSPS) is 11.2. The Balaban J connectivity index is 2.46. The molecule has 0 unspecified atom stereocenters. The number of nitrogens with one attached hydrogen (secondary N) is 1. The van der Waals surface area contributed by atoms with Gasteiger partial charge in [-0.1, -0.05) is 18.2 Å². The van der Waals surface area contributed by atoms with Gasteiger partial charge in [-0.05, 0) is 55.7 Å². The van der Waals surface area contributed by atoms with Gasteiger partial charge in [0.15, 0.2) is 0 Å². The summed E-state index contributed by atoms with van der Waals surface area (Å²) in [6.45, 7) is 5.67. The van der Waals surface area contributed by atoms with Gasteiger partial charge in [0.1, 0.15) is 10.6 Å². The molecular weight excluding hydrogens is 286 g/mol. The maximum absolute atomic E-state index is 12.6. The zero-order valence-electron chi connectivity index (χ0n) is 12.6. The molecule has 0 spiro atoms. The van der Waals surface area contributed by atoms with E-state index in [1.807, 2.05) is 39.0 Å². The van der Waals surface area contributed by atoms with Gasteiger partial charge in [-0.15, -0.1) is 0 Å². The topological polar surface area (TPSA) is 55.4 Å². The Bertz CT molecular complexity index is 767. The first-order valence-electron chi connectivity index (χ1n) is 6.58. The van der Waals surface area contributed by atoms with E-state index in [-0.39, 0.29) is 4.90 Å². The summed E-state index contributed by atoms with van der Waals surface area (Å²) in [6.07, 6.45) is 0. The average Bonchev–Trinajstić information content (AvgIpc) is 2.42. The summed E-state index contributed by atoms with van der Waals surface area (Å²) in [5.41, 5.74) is 3.39. The quantitative estimate of drug-likeness (QED) is 0.941. The zero-order valence-corrected chi connectivity index (χ0v) is 13.4. The van der Waals surface area contributed by atoms with Gasteiger partial charge in [-0.25, -0.2) is 8.42 Å². The van der Waals surface area contributed by atoms with Gasteiger partial charge in [-0.2, -0.15) is 0 Å². The Labute approximate surface area is 125 Å². The van der Waals surface area contributed by atoms with Crippen LogP contribution >= 0.6 is 0 Å². The van der Waals surface area contributed by atoms with Crippen molar-refractivity contribution in [3.63, 3.8) is 0 Å². The number of methoxy groups -OCH3 is 1. The van der Waals surface area contributed by atoms with Crippen LogP contribution in [0.1, 0.15) is 16.7 Å². The predicted octanol–water partition coefficient (Wildman–Crippen LogP) is 3.42. The Morgan fingerprint density at radius 1 is 0.952 bits per heavy atom. The van der Waals surface area contributed by atoms with Crippen LogP contribution in [0.5, 0.6) is 5.75 Å². The van der Waals surface area contributed by atoms with E-state index in [0.29, 0.717) is 11.4 Å². The minimum absolute atomic E-state index is 0.136. The van der Waals surface area contributed by atoms with Gasteiger partial charge in [0, 0.05) is 0 Å². The van der Waals surface area contributed by atoms with Gasteiger partial charge in [0.25, 0.3) is 10.0 Å². The number of anilines is 1. The van der Waals surface area contributed by atoms with Crippen LogP contribution in [-0.2, 0) is 10.0 Å². The van der Waals surface area contributed by atoms with Crippen molar-refractivity contribution in [3.8, 4) is 5.75 Å². The van der Waals surface area contributed by atoms with E-state index in [2.05, 4.69) is 4.72 Å². The van der Waals surface area contributed by atoms with Crippen molar-refractivity contribution >= 4 is 15.7 Å². The van der Waals surface area contributed by atoms with Gasteiger partial charge in [0.05, 0.1) is 12.8 Å². The summed E-state index contributed by atoms with van der Waals surface area (Å²) >= 11 is 0. The summed E-state index contributed by atoms with van der Waals surface area (Å²) in [4.78, 5) is 0.136. The first-order chi connectivity index (χ1) is 9.83. The Morgan fingerprint density at radius 3 is 2.24 bits per heavy atom. The van der Waals surface area contributed by atoms with Crippen LogP contribution in [0.2, 0.25) is 0 Å². The molecule has 1 N–H and O–H groups in total. The summed E-state index contributed by atoms with van der Waals surface area (Å²) in [5, 5.41) is 0. The molecule has 0 heterocycles. The molecule has 0 bridgehead atoms. The van der Waals surface area contributed by atoms with Crippen molar-refractivity contribution < 1.29 is 13.2 Å². The van der Waals surface area contributed by atoms with Crippen LogP contribution in [0, 0.1) is 20.8 Å². The lowest BCUT2D eigenvalue weighted by molar-refractivity contribution is 0.402. The van der Waals surface area contributed by atoms with E-state index in [1.165, 1.54) is 7.11 Å². The third kappa shape index (κ3) is 3.36. The second-order valence-electron chi connectivity index (χ2n) is 5.08. The molecule has 112 valence electrons. The summed E-state index contributed by atoms with van der Waals surface area (Å²) in [6, 6.07) is 10.7. The minimum Gasteiger partial charge on any atom is -0.495 e. The average molecular weight is 305 g/mol. The van der Waals surface area contributed by atoms with Crippen LogP contribution in [0.15, 0.2) is 41.3 Å². The highest BCUT2D eigenvalue weighted by molar-refractivity contribution is 7.92. The van der Waals surface area contributed by atoms with Gasteiger partial charge >= 0.3 is 0 Å². The lowest BCUT2D eigenvalue weighted by Crippen LogP contribution is -2.15. The number of hydrogen-bond donors (Lipinski definition) is 1. The van der Waals surface area contributed by atoms with Crippen LogP contribution in [0.3, 0.4) is 0 Å². The maximum Gasteiger partial charge on any atom is 0.265 e. The SMILES string of the molecule is COc1cc(C)ccc1S(=O)(=O)Nc1cc(C)ccc1C. The van der Waals surface area contributed by atoms with Crippen molar-refractivity contribution in [2.75, 3.05) is 11.8 Å². The number of hydrogen-bond acceptors (Lipinski definition) is 3. The molecular formula is C16H19NO3S. The van der Waals surface area contributed by atoms with Crippen molar-refractivity contribution in [2.24, 2.45) is 0 Å². The number of ether oxygens (including phenoxy) is 1. The maximum atomic E-state index is 12.6. The molecule has 0 radical (unpaired) electrons. The minimum atomic E-state index is -3.69. The van der Waals surface area contributed by atoms with E-state index in [9.17, 15) is 8.42 Å². The highest BCUT2D eigenvalue weighted by Crippen LogP contribution is 2.28. The first-order valence-corrected chi connectivity index (χ1v) is 8.06. The molecule has 2 rings (SSSR count). The highest BCUT2D eigenvalue weighted by Gasteiger charge is 2.20. The predicted molar refractivity (Wildman–Crippen MR) is 84.5 cm³/mol. The Hall–Kier alpha value is -2.01. The van der Waals surface area contributed by atoms with Crippen molar-refractivity contribution in [2.45, 2.75) is 25.7 Å². The molecule has 0 aliphatic carbocycles. The molecule has 0 fully saturated rings. The third-order valence-corrected chi connectivity index (χ3v) is 4.65. The van der Waals surface area contributed by atoms with Crippen LogP contribution in [-0.4, -0.2) is 15.5 Å². The Kier molecular flexibility index (Phi) is 4.23. The van der Waals surface area contributed by atoms with Crippen molar-refractivity contribution in [1.29, 1.82) is 0 Å². The molecule has 0 aromatic heterocycles. The summed E-state index contributed by atoms with van der Waals surface area (Å²) in [7, 11) is -2.22. The number of aryl methyl sites for hydroxylation is 3. The van der Waals surface area contributed by atoms with Crippen molar-refractivity contribution in [1.82, 2.24) is 0 Å². The largest absolute Gasteiger partial charge is 0.495 e. The molecule has 5 heteroatoms. The van der Waals surface area contributed by atoms with Gasteiger partial charge in [0.2, 0.25) is 0 Å². The molecule has 2 aromatic rings. The van der Waals surface area contributed by atoms with E-state index in [1.54, 1.807) is 18.2 Å². The van der Waals surface area contributed by atoms with E-state index < -0.39 is 10.0 Å². The molecule has 0 aliphatic rings. The van der Waals surface area contributed by atoms with Crippen LogP contribution < -0.4 is 9.46 Å². The first kappa shape index (κ1) is 15.4. The molecule has 0 saturated carbocycles. The number of rotatable bonds is 4. The number of benzene rings is 2. The molecule has 0 atom stereocenters. The fraction of sp³-hybridized carbons (Fsp3) is 0.250. The molecule has 0 amide bonds. The molecule has 0 aliphatic heterocycles. The summed E-state index contributed by atoms with van der Waals surface area (Å²) < 4.78 is 32.9. The van der Waals surface area contributed by atoms with Gasteiger partial charge < -0.3 is 4.74 Å². The summed E-state index contributed by atoms with van der Waals surface area (Å²) in [5.74, 6) is 0.341. The third-order valence-electron chi connectivity index (χ3n) is 3.25. The molecule has 0 saturated heterocycles. The lowest BCUT2D eigenvalue weighted by atomic mass is 10.1. The molecule has 2 aromatic carbocycles. The standard InChI is InChI=1S/C16H19NO3S/c1-11-5-7-13(3)14(9-11)17-21(18,19)16-8-6-12(2)10-15(16)20-4/h5-10,17H,1-4H3.